The van der Waals surface area contributed by atoms with Crippen molar-refractivity contribution >= 4 is 5.91 Å². The number of nitrogens with zero attached hydrogens (tertiary/aromatic N) is 3. The number of rotatable bonds is 7. The smallest absolute Gasteiger partial charge is 0.260 e. The van der Waals surface area contributed by atoms with E-state index >= 15 is 0 Å². The van der Waals surface area contributed by atoms with E-state index in [-0.39, 0.29) is 18.6 Å². The molecule has 1 aromatic carbocycles. The van der Waals surface area contributed by atoms with Gasteiger partial charge in [-0.2, -0.15) is 0 Å². The molecule has 2 aromatic rings. The zero-order valence-corrected chi connectivity index (χ0v) is 14.1. The summed E-state index contributed by atoms with van der Waals surface area (Å²) in [7, 11) is 0. The van der Waals surface area contributed by atoms with E-state index in [0.29, 0.717) is 31.3 Å². The van der Waals surface area contributed by atoms with Gasteiger partial charge in [-0.3, -0.25) is 9.78 Å². The molecule has 132 valence electrons. The van der Waals surface area contributed by atoms with Crippen LogP contribution in [0, 0.1) is 0 Å². The number of ether oxygens (including phenoxy) is 3. The van der Waals surface area contributed by atoms with Gasteiger partial charge in [-0.1, -0.05) is 0 Å². The Morgan fingerprint density at radius 2 is 1.96 bits per heavy atom. The third-order valence-electron chi connectivity index (χ3n) is 3.82. The molecule has 7 heteroatoms. The first-order valence-electron chi connectivity index (χ1n) is 8.30. The zero-order valence-electron chi connectivity index (χ0n) is 14.1. The topological polar surface area (TPSA) is 73.8 Å². The van der Waals surface area contributed by atoms with E-state index in [4.69, 9.17) is 14.2 Å². The molecule has 0 spiro atoms. The number of benzene rings is 1. The molecule has 25 heavy (non-hydrogen) atoms. The third kappa shape index (κ3) is 4.82. The van der Waals surface area contributed by atoms with E-state index in [2.05, 4.69) is 9.97 Å². The average molecular weight is 343 g/mol. The second-order valence-electron chi connectivity index (χ2n) is 5.61. The first-order chi connectivity index (χ1) is 12.2. The molecule has 1 unspecified atom stereocenters. The van der Waals surface area contributed by atoms with Crippen LogP contribution in [0.2, 0.25) is 0 Å². The predicted octanol–water partition coefficient (Wildman–Crippen LogP) is 1.93. The number of hydrogen-bond acceptors (Lipinski definition) is 6. The molecule has 0 bridgehead atoms. The van der Waals surface area contributed by atoms with Crippen molar-refractivity contribution in [3.05, 3.63) is 42.9 Å². The van der Waals surface area contributed by atoms with Gasteiger partial charge in [-0.15, -0.1) is 0 Å². The second-order valence-corrected chi connectivity index (χ2v) is 5.61. The molecule has 0 aliphatic carbocycles. The second kappa shape index (κ2) is 8.32. The van der Waals surface area contributed by atoms with Crippen molar-refractivity contribution < 1.29 is 19.0 Å². The Hall–Kier alpha value is -2.83. The van der Waals surface area contributed by atoms with Gasteiger partial charge in [0.15, 0.2) is 6.61 Å². The minimum Gasteiger partial charge on any atom is -0.494 e. The van der Waals surface area contributed by atoms with Crippen molar-refractivity contribution in [2.45, 2.75) is 19.4 Å². The molecule has 1 aliphatic rings. The maximum atomic E-state index is 12.3. The summed E-state index contributed by atoms with van der Waals surface area (Å²) < 4.78 is 16.7. The minimum absolute atomic E-state index is 0.00580. The van der Waals surface area contributed by atoms with Crippen LogP contribution in [0.4, 0.5) is 0 Å². The Morgan fingerprint density at radius 3 is 2.64 bits per heavy atom. The van der Waals surface area contributed by atoms with Crippen molar-refractivity contribution in [2.24, 2.45) is 0 Å². The summed E-state index contributed by atoms with van der Waals surface area (Å²) in [5.41, 5.74) is 0. The maximum absolute atomic E-state index is 12.3. The van der Waals surface area contributed by atoms with Gasteiger partial charge in [-0.05, 0) is 31.2 Å². The number of amides is 1. The quantitative estimate of drug-likeness (QED) is 0.765. The Balaban J connectivity index is 1.44. The number of hydrogen-bond donors (Lipinski definition) is 0. The van der Waals surface area contributed by atoms with E-state index in [1.54, 1.807) is 35.6 Å². The first kappa shape index (κ1) is 17.0. The van der Waals surface area contributed by atoms with Gasteiger partial charge in [0.1, 0.15) is 17.6 Å². The maximum Gasteiger partial charge on any atom is 0.260 e. The Kier molecular flexibility index (Phi) is 5.66. The molecule has 1 amide bonds. The Morgan fingerprint density at radius 1 is 1.20 bits per heavy atom. The van der Waals surface area contributed by atoms with Crippen LogP contribution in [0.15, 0.2) is 42.9 Å². The van der Waals surface area contributed by atoms with Crippen LogP contribution in [0.3, 0.4) is 0 Å². The number of carbonyl (C=O) groups excluding carboxylic acids is 1. The summed E-state index contributed by atoms with van der Waals surface area (Å²) in [6.45, 7) is 3.73. The van der Waals surface area contributed by atoms with Crippen LogP contribution in [0.25, 0.3) is 0 Å². The van der Waals surface area contributed by atoms with Gasteiger partial charge in [-0.25, -0.2) is 4.98 Å². The highest BCUT2D eigenvalue weighted by molar-refractivity contribution is 5.78. The molecule has 1 aromatic heterocycles. The van der Waals surface area contributed by atoms with Gasteiger partial charge >= 0.3 is 0 Å². The van der Waals surface area contributed by atoms with Gasteiger partial charge in [0.2, 0.25) is 5.88 Å². The van der Waals surface area contributed by atoms with Crippen LogP contribution in [-0.4, -0.2) is 53.2 Å². The van der Waals surface area contributed by atoms with Crippen molar-refractivity contribution in [2.75, 3.05) is 26.3 Å². The molecular formula is C18H21N3O4. The predicted molar refractivity (Wildman–Crippen MR) is 90.8 cm³/mol. The Bertz CT molecular complexity index is 678. The fourth-order valence-corrected chi connectivity index (χ4v) is 2.60. The lowest BCUT2D eigenvalue weighted by Gasteiger charge is -2.17. The fraction of sp³-hybridized carbons (Fsp3) is 0.389. The van der Waals surface area contributed by atoms with Crippen LogP contribution >= 0.6 is 0 Å². The van der Waals surface area contributed by atoms with E-state index < -0.39 is 0 Å². The number of carbonyl (C=O) groups is 1. The van der Waals surface area contributed by atoms with Crippen LogP contribution in [0.1, 0.15) is 13.3 Å². The molecule has 0 N–H and O–H groups in total. The van der Waals surface area contributed by atoms with Gasteiger partial charge < -0.3 is 19.1 Å². The van der Waals surface area contributed by atoms with E-state index in [9.17, 15) is 4.79 Å². The van der Waals surface area contributed by atoms with E-state index in [0.717, 1.165) is 12.2 Å². The monoisotopic (exact) mass is 343 g/mol. The first-order valence-corrected chi connectivity index (χ1v) is 8.30. The lowest BCUT2D eigenvalue weighted by Crippen LogP contribution is -2.34. The van der Waals surface area contributed by atoms with Gasteiger partial charge in [0.05, 0.1) is 19.3 Å². The third-order valence-corrected chi connectivity index (χ3v) is 3.82. The standard InChI is InChI=1S/C18H21N3O4/c1-2-23-14-3-5-15(6-4-14)24-13-18(22)21-10-7-16(12-21)25-17-11-19-8-9-20-17/h3-6,8-9,11,16H,2,7,10,12-13H2,1H3. The molecule has 0 saturated carbocycles. The molecule has 0 radical (unpaired) electrons. The molecular weight excluding hydrogens is 322 g/mol. The molecule has 1 fully saturated rings. The average Bonchev–Trinajstić information content (AvgIpc) is 3.10. The van der Waals surface area contributed by atoms with Crippen LogP contribution in [0.5, 0.6) is 17.4 Å². The highest BCUT2D eigenvalue weighted by atomic mass is 16.5. The van der Waals surface area contributed by atoms with Gasteiger partial charge in [0, 0.05) is 25.4 Å². The van der Waals surface area contributed by atoms with E-state index in [1.807, 2.05) is 19.1 Å². The minimum atomic E-state index is -0.0638. The summed E-state index contributed by atoms with van der Waals surface area (Å²) in [4.78, 5) is 22.1. The lowest BCUT2D eigenvalue weighted by atomic mass is 10.3. The molecule has 1 saturated heterocycles. The summed E-state index contributed by atoms with van der Waals surface area (Å²) in [5.74, 6) is 1.85. The highest BCUT2D eigenvalue weighted by Gasteiger charge is 2.28. The molecule has 1 atom stereocenters. The highest BCUT2D eigenvalue weighted by Crippen LogP contribution is 2.19. The lowest BCUT2D eigenvalue weighted by molar-refractivity contribution is -0.132. The molecule has 1 aliphatic heterocycles. The Labute approximate surface area is 146 Å². The van der Waals surface area contributed by atoms with Crippen molar-refractivity contribution in [3.8, 4) is 17.4 Å². The number of aromatic nitrogens is 2. The van der Waals surface area contributed by atoms with Crippen LogP contribution in [-0.2, 0) is 4.79 Å². The van der Waals surface area contributed by atoms with Crippen molar-refractivity contribution in [1.82, 2.24) is 14.9 Å². The normalized spacial score (nSPS) is 16.5. The van der Waals surface area contributed by atoms with Gasteiger partial charge in [0.25, 0.3) is 5.91 Å². The molecule has 7 nitrogen and oxygen atoms in total. The summed E-state index contributed by atoms with van der Waals surface area (Å²) in [6.07, 6.45) is 5.45. The van der Waals surface area contributed by atoms with Crippen molar-refractivity contribution in [3.63, 3.8) is 0 Å². The summed E-state index contributed by atoms with van der Waals surface area (Å²) >= 11 is 0. The molecule has 3 rings (SSSR count). The van der Waals surface area contributed by atoms with Crippen molar-refractivity contribution in [1.29, 1.82) is 0 Å². The largest absolute Gasteiger partial charge is 0.494 e. The molecule has 2 heterocycles. The summed E-state index contributed by atoms with van der Waals surface area (Å²) in [5, 5.41) is 0. The summed E-state index contributed by atoms with van der Waals surface area (Å²) in [6, 6.07) is 7.23. The van der Waals surface area contributed by atoms with Crippen LogP contribution < -0.4 is 14.2 Å². The van der Waals surface area contributed by atoms with E-state index in [1.165, 1.54) is 0 Å². The SMILES string of the molecule is CCOc1ccc(OCC(=O)N2CCC(Oc3cnccn3)C2)cc1. The fourth-order valence-electron chi connectivity index (χ4n) is 2.60. The zero-order chi connectivity index (χ0) is 17.5. The number of likely N-dealkylation sites (tertiary alicyclic amines) is 1.